The van der Waals surface area contributed by atoms with E-state index < -0.39 is 11.9 Å². The quantitative estimate of drug-likeness (QED) is 0.287. The topological polar surface area (TPSA) is 125 Å². The van der Waals surface area contributed by atoms with Crippen molar-refractivity contribution in [3.63, 3.8) is 0 Å². The van der Waals surface area contributed by atoms with Crippen LogP contribution < -0.4 is 27.0 Å². The van der Waals surface area contributed by atoms with E-state index in [1.165, 1.54) is 25.7 Å². The van der Waals surface area contributed by atoms with Crippen LogP contribution in [-0.4, -0.2) is 55.5 Å². The fourth-order valence-electron chi connectivity index (χ4n) is 4.03. The van der Waals surface area contributed by atoms with Gasteiger partial charge >= 0.3 is 0 Å². The molecule has 3 amide bonds. The molecule has 0 aromatic heterocycles. The second kappa shape index (κ2) is 12.7. The Morgan fingerprint density at radius 2 is 1.36 bits per heavy atom. The molecule has 2 fully saturated rings. The van der Waals surface area contributed by atoms with Crippen molar-refractivity contribution in [2.45, 2.75) is 88.8 Å². The average molecular weight is 396 g/mol. The van der Waals surface area contributed by atoms with Gasteiger partial charge < -0.3 is 27.0 Å². The van der Waals surface area contributed by atoms with E-state index in [9.17, 15) is 14.4 Å². The van der Waals surface area contributed by atoms with Gasteiger partial charge in [-0.25, -0.2) is 0 Å². The van der Waals surface area contributed by atoms with Crippen LogP contribution in [-0.2, 0) is 14.4 Å². The zero-order chi connectivity index (χ0) is 20.2. The summed E-state index contributed by atoms with van der Waals surface area (Å²) in [4.78, 5) is 35.4. The molecule has 160 valence electrons. The Hall–Kier alpha value is -1.67. The third kappa shape index (κ3) is 9.01. The number of primary amides is 1. The zero-order valence-electron chi connectivity index (χ0n) is 16.9. The van der Waals surface area contributed by atoms with Crippen LogP contribution in [0.1, 0.15) is 70.6 Å². The molecule has 2 saturated carbocycles. The van der Waals surface area contributed by atoms with E-state index in [1.807, 2.05) is 0 Å². The number of unbranched alkanes of at least 4 members (excludes halogenated alkanes) is 1. The molecule has 8 nitrogen and oxygen atoms in total. The highest BCUT2D eigenvalue weighted by molar-refractivity contribution is 5.87. The lowest BCUT2D eigenvalue weighted by Gasteiger charge is -2.17. The lowest BCUT2D eigenvalue weighted by molar-refractivity contribution is -0.127. The summed E-state index contributed by atoms with van der Waals surface area (Å²) in [5.41, 5.74) is 5.41. The molecule has 0 bridgehead atoms. The molecule has 8 heteroatoms. The SMILES string of the molecule is NC(=O)[C@H](CCCCNC(=O)CNC1CCCC1)NC(=O)CNC1CCCC1. The van der Waals surface area contributed by atoms with E-state index in [0.717, 1.165) is 32.1 Å². The first-order valence-corrected chi connectivity index (χ1v) is 10.9. The number of hydrogen-bond acceptors (Lipinski definition) is 5. The van der Waals surface area contributed by atoms with Gasteiger partial charge in [-0.2, -0.15) is 0 Å². The minimum atomic E-state index is -0.655. The second-order valence-electron chi connectivity index (χ2n) is 8.09. The number of carbonyl (C=O) groups is 3. The normalized spacial score (nSPS) is 18.9. The van der Waals surface area contributed by atoms with Crippen molar-refractivity contribution in [1.82, 2.24) is 21.3 Å². The van der Waals surface area contributed by atoms with Crippen LogP contribution in [0.3, 0.4) is 0 Å². The summed E-state index contributed by atoms with van der Waals surface area (Å²) in [7, 11) is 0. The Bertz CT molecular complexity index is 502. The van der Waals surface area contributed by atoms with Gasteiger partial charge in [-0.1, -0.05) is 25.7 Å². The maximum Gasteiger partial charge on any atom is 0.240 e. The van der Waals surface area contributed by atoms with Gasteiger partial charge in [0.15, 0.2) is 0 Å². The fourth-order valence-corrected chi connectivity index (χ4v) is 4.03. The van der Waals surface area contributed by atoms with Gasteiger partial charge in [-0.05, 0) is 44.9 Å². The van der Waals surface area contributed by atoms with Crippen molar-refractivity contribution < 1.29 is 14.4 Å². The number of rotatable bonds is 13. The summed E-state index contributed by atoms with van der Waals surface area (Å²) in [6.07, 6.45) is 11.4. The zero-order valence-corrected chi connectivity index (χ0v) is 16.9. The number of carbonyl (C=O) groups excluding carboxylic acids is 3. The van der Waals surface area contributed by atoms with Crippen molar-refractivity contribution in [2.75, 3.05) is 19.6 Å². The Morgan fingerprint density at radius 1 is 0.821 bits per heavy atom. The van der Waals surface area contributed by atoms with Crippen LogP contribution in [0.4, 0.5) is 0 Å². The molecule has 6 N–H and O–H groups in total. The van der Waals surface area contributed by atoms with E-state index >= 15 is 0 Å². The predicted octanol–water partition coefficient (Wildman–Crippen LogP) is 0.307. The summed E-state index contributed by atoms with van der Waals surface area (Å²) in [5.74, 6) is -0.703. The van der Waals surface area contributed by atoms with Crippen LogP contribution in [0.5, 0.6) is 0 Å². The first kappa shape index (κ1) is 22.6. The summed E-state index contributed by atoms with van der Waals surface area (Å²) < 4.78 is 0. The average Bonchev–Trinajstić information content (AvgIpc) is 3.37. The minimum Gasteiger partial charge on any atom is -0.368 e. The van der Waals surface area contributed by atoms with Crippen LogP contribution >= 0.6 is 0 Å². The molecule has 0 heterocycles. The summed E-state index contributed by atoms with van der Waals surface area (Å²) >= 11 is 0. The molecule has 0 spiro atoms. The molecule has 0 unspecified atom stereocenters. The predicted molar refractivity (Wildman–Crippen MR) is 109 cm³/mol. The van der Waals surface area contributed by atoms with Gasteiger partial charge in [0, 0.05) is 18.6 Å². The fraction of sp³-hybridized carbons (Fsp3) is 0.850. The third-order valence-corrected chi connectivity index (χ3v) is 5.73. The molecule has 1 atom stereocenters. The highest BCUT2D eigenvalue weighted by Gasteiger charge is 2.20. The maximum atomic E-state index is 12.0. The highest BCUT2D eigenvalue weighted by Crippen LogP contribution is 2.17. The lowest BCUT2D eigenvalue weighted by Crippen LogP contribution is -2.48. The van der Waals surface area contributed by atoms with Gasteiger partial charge in [-0.15, -0.1) is 0 Å². The maximum absolute atomic E-state index is 12.0. The first-order valence-electron chi connectivity index (χ1n) is 10.9. The number of nitrogens with one attached hydrogen (secondary N) is 4. The number of amides is 3. The van der Waals surface area contributed by atoms with Crippen molar-refractivity contribution in [3.05, 3.63) is 0 Å². The molecule has 0 saturated heterocycles. The summed E-state index contributed by atoms with van der Waals surface area (Å²) in [5, 5.41) is 12.1. The van der Waals surface area contributed by atoms with Crippen molar-refractivity contribution >= 4 is 17.7 Å². The molecule has 0 aliphatic heterocycles. The molecular weight excluding hydrogens is 358 g/mol. The van der Waals surface area contributed by atoms with E-state index in [4.69, 9.17) is 5.73 Å². The standard InChI is InChI=1S/C20H37N5O3/c21-20(28)17(25-19(27)14-24-16-9-3-4-10-16)11-5-6-12-22-18(26)13-23-15-7-1-2-8-15/h15-17,23-24H,1-14H2,(H2,21,28)(H,22,26)(H,25,27)/t17-/m0/s1. The van der Waals surface area contributed by atoms with Crippen molar-refractivity contribution in [3.8, 4) is 0 Å². The van der Waals surface area contributed by atoms with Crippen LogP contribution in [0.2, 0.25) is 0 Å². The summed E-state index contributed by atoms with van der Waals surface area (Å²) in [6.45, 7) is 1.14. The van der Waals surface area contributed by atoms with E-state index in [2.05, 4.69) is 21.3 Å². The van der Waals surface area contributed by atoms with Gasteiger partial charge in [0.05, 0.1) is 13.1 Å². The number of hydrogen-bond donors (Lipinski definition) is 5. The highest BCUT2D eigenvalue weighted by atomic mass is 16.2. The Balaban J connectivity index is 1.52. The minimum absolute atomic E-state index is 0.00430. The molecular formula is C20H37N5O3. The van der Waals surface area contributed by atoms with Crippen molar-refractivity contribution in [2.24, 2.45) is 5.73 Å². The molecule has 2 aliphatic carbocycles. The molecule has 28 heavy (non-hydrogen) atoms. The van der Waals surface area contributed by atoms with Crippen molar-refractivity contribution in [1.29, 1.82) is 0 Å². The monoisotopic (exact) mass is 395 g/mol. The summed E-state index contributed by atoms with van der Waals surface area (Å²) in [6, 6.07) is 0.232. The largest absolute Gasteiger partial charge is 0.368 e. The van der Waals surface area contributed by atoms with Gasteiger partial charge in [0.25, 0.3) is 0 Å². The van der Waals surface area contributed by atoms with Crippen LogP contribution in [0, 0.1) is 0 Å². The van der Waals surface area contributed by atoms with E-state index in [1.54, 1.807) is 0 Å². The van der Waals surface area contributed by atoms with Gasteiger partial charge in [0.2, 0.25) is 17.7 Å². The Labute approximate surface area is 168 Å². The van der Waals surface area contributed by atoms with Crippen LogP contribution in [0.15, 0.2) is 0 Å². The lowest BCUT2D eigenvalue weighted by atomic mass is 10.1. The van der Waals surface area contributed by atoms with E-state index in [-0.39, 0.29) is 18.4 Å². The Kier molecular flexibility index (Phi) is 10.3. The molecule has 0 aromatic carbocycles. The van der Waals surface area contributed by atoms with Gasteiger partial charge in [-0.3, -0.25) is 14.4 Å². The molecule has 0 radical (unpaired) electrons. The number of nitrogens with two attached hydrogens (primary N) is 1. The third-order valence-electron chi connectivity index (χ3n) is 5.73. The smallest absolute Gasteiger partial charge is 0.240 e. The molecule has 2 rings (SSSR count). The van der Waals surface area contributed by atoms with E-state index in [0.29, 0.717) is 38.0 Å². The molecule has 2 aliphatic rings. The van der Waals surface area contributed by atoms with Gasteiger partial charge in [0.1, 0.15) is 6.04 Å². The Morgan fingerprint density at radius 3 is 1.89 bits per heavy atom. The first-order chi connectivity index (χ1) is 13.5. The van der Waals surface area contributed by atoms with Crippen LogP contribution in [0.25, 0.3) is 0 Å². The second-order valence-corrected chi connectivity index (χ2v) is 8.09. The molecule has 0 aromatic rings.